The quantitative estimate of drug-likeness (QED) is 0.286. The van der Waals surface area contributed by atoms with Crippen LogP contribution in [0, 0.1) is 20.8 Å². The van der Waals surface area contributed by atoms with Crippen molar-refractivity contribution in [2.45, 2.75) is 20.8 Å². The summed E-state index contributed by atoms with van der Waals surface area (Å²) < 4.78 is 6.40. The van der Waals surface area contributed by atoms with E-state index in [4.69, 9.17) is 4.42 Å². The molecule has 0 radical (unpaired) electrons. The number of hydrogen-bond donors (Lipinski definition) is 0. The summed E-state index contributed by atoms with van der Waals surface area (Å²) in [6.45, 7) is 6.44. The Labute approximate surface area is 140 Å². The van der Waals surface area contributed by atoms with Crippen molar-refractivity contribution >= 4 is 43.5 Å². The smallest absolute Gasteiger partial charge is 0.143 e. The Hall–Kier alpha value is -2.80. The lowest BCUT2D eigenvalue weighted by molar-refractivity contribution is 0.669. The molecule has 0 spiro atoms. The molecule has 5 rings (SSSR count). The topological polar surface area (TPSA) is 13.1 Å². The lowest BCUT2D eigenvalue weighted by Gasteiger charge is -2.07. The molecule has 0 N–H and O–H groups in total. The van der Waals surface area contributed by atoms with Gasteiger partial charge in [-0.2, -0.15) is 0 Å². The van der Waals surface area contributed by atoms with Gasteiger partial charge in [0.15, 0.2) is 0 Å². The maximum absolute atomic E-state index is 6.40. The first-order valence-electron chi connectivity index (χ1n) is 8.38. The molecule has 0 aliphatic carbocycles. The van der Waals surface area contributed by atoms with Crippen molar-refractivity contribution in [3.05, 3.63) is 71.3 Å². The van der Waals surface area contributed by atoms with Gasteiger partial charge in [-0.25, -0.2) is 0 Å². The highest BCUT2D eigenvalue weighted by Crippen LogP contribution is 2.42. The molecule has 24 heavy (non-hydrogen) atoms. The van der Waals surface area contributed by atoms with E-state index in [1.807, 2.05) is 0 Å². The van der Waals surface area contributed by atoms with Gasteiger partial charge in [-0.05, 0) is 54.1 Å². The molecule has 0 saturated heterocycles. The van der Waals surface area contributed by atoms with E-state index >= 15 is 0 Å². The minimum absolute atomic E-state index is 1.01. The summed E-state index contributed by atoms with van der Waals surface area (Å²) in [6.07, 6.45) is 0. The Balaban J connectivity index is 2.21. The van der Waals surface area contributed by atoms with Crippen molar-refractivity contribution in [1.29, 1.82) is 0 Å². The first-order valence-corrected chi connectivity index (χ1v) is 8.38. The van der Waals surface area contributed by atoms with Gasteiger partial charge in [-0.1, -0.05) is 54.1 Å². The number of rotatable bonds is 0. The minimum Gasteiger partial charge on any atom is -0.455 e. The normalized spacial score (nSPS) is 12.0. The zero-order valence-corrected chi connectivity index (χ0v) is 14.1. The molecule has 0 fully saturated rings. The molecule has 0 aliphatic rings. The zero-order valence-electron chi connectivity index (χ0n) is 14.1. The number of aryl methyl sites for hydroxylation is 3. The average molecular weight is 310 g/mol. The van der Waals surface area contributed by atoms with Gasteiger partial charge in [0.2, 0.25) is 0 Å². The van der Waals surface area contributed by atoms with E-state index in [1.165, 1.54) is 49.0 Å². The number of fused-ring (bicyclic) bond motifs is 8. The summed E-state index contributed by atoms with van der Waals surface area (Å²) in [5, 5.41) is 7.50. The van der Waals surface area contributed by atoms with Gasteiger partial charge in [0.05, 0.1) is 0 Å². The third-order valence-electron chi connectivity index (χ3n) is 5.03. The molecular formula is C23H18O. The first kappa shape index (κ1) is 13.6. The van der Waals surface area contributed by atoms with Crippen LogP contribution in [0.4, 0.5) is 0 Å². The van der Waals surface area contributed by atoms with Gasteiger partial charge in [0, 0.05) is 16.2 Å². The summed E-state index contributed by atoms with van der Waals surface area (Å²) in [5.41, 5.74) is 5.77. The van der Waals surface area contributed by atoms with Gasteiger partial charge >= 0.3 is 0 Å². The molecule has 0 bridgehead atoms. The van der Waals surface area contributed by atoms with Crippen LogP contribution < -0.4 is 0 Å². The molecule has 5 aromatic rings. The van der Waals surface area contributed by atoms with Crippen molar-refractivity contribution in [1.82, 2.24) is 0 Å². The second kappa shape index (κ2) is 4.61. The predicted octanol–water partition coefficient (Wildman–Crippen LogP) is 6.82. The Morgan fingerprint density at radius 1 is 0.583 bits per heavy atom. The summed E-state index contributed by atoms with van der Waals surface area (Å²) in [4.78, 5) is 0. The van der Waals surface area contributed by atoms with Gasteiger partial charge in [0.25, 0.3) is 0 Å². The molecule has 0 unspecified atom stereocenters. The molecule has 4 aromatic carbocycles. The fraction of sp³-hybridized carbons (Fsp3) is 0.130. The molecule has 1 heterocycles. The average Bonchev–Trinajstić information content (AvgIpc) is 2.95. The Morgan fingerprint density at radius 2 is 1.29 bits per heavy atom. The lowest BCUT2D eigenvalue weighted by atomic mass is 9.95. The Bertz CT molecular complexity index is 1270. The number of benzene rings is 4. The van der Waals surface area contributed by atoms with Crippen molar-refractivity contribution in [3.63, 3.8) is 0 Å². The van der Waals surface area contributed by atoms with E-state index in [-0.39, 0.29) is 0 Å². The number of furan rings is 1. The van der Waals surface area contributed by atoms with Gasteiger partial charge in [0.1, 0.15) is 11.2 Å². The van der Waals surface area contributed by atoms with Crippen LogP contribution in [0.3, 0.4) is 0 Å². The maximum Gasteiger partial charge on any atom is 0.143 e. The molecular weight excluding hydrogens is 292 g/mol. The molecule has 1 heteroatoms. The Morgan fingerprint density at radius 3 is 2.12 bits per heavy atom. The highest BCUT2D eigenvalue weighted by Gasteiger charge is 2.16. The van der Waals surface area contributed by atoms with Crippen LogP contribution in [0.15, 0.2) is 59.0 Å². The van der Waals surface area contributed by atoms with Gasteiger partial charge in [-0.15, -0.1) is 0 Å². The molecule has 0 amide bonds. The second-order valence-electron chi connectivity index (χ2n) is 6.86. The molecule has 116 valence electrons. The van der Waals surface area contributed by atoms with Crippen LogP contribution in [0.5, 0.6) is 0 Å². The minimum atomic E-state index is 1.01. The largest absolute Gasteiger partial charge is 0.455 e. The summed E-state index contributed by atoms with van der Waals surface area (Å²) in [7, 11) is 0. The van der Waals surface area contributed by atoms with E-state index < -0.39 is 0 Å². The summed E-state index contributed by atoms with van der Waals surface area (Å²) in [6, 6.07) is 19.7. The highest BCUT2D eigenvalue weighted by atomic mass is 16.3. The van der Waals surface area contributed by atoms with Crippen LogP contribution in [-0.2, 0) is 0 Å². The van der Waals surface area contributed by atoms with Crippen molar-refractivity contribution in [3.8, 4) is 0 Å². The highest BCUT2D eigenvalue weighted by molar-refractivity contribution is 6.30. The standard InChI is InChI=1S/C23H18O/c1-13-8-9-17-16-6-4-5-7-18(16)23-21(19(17)11-13)20-12-14(2)10-15(3)22(20)24-23/h4-12H,1-3H3. The van der Waals surface area contributed by atoms with Crippen molar-refractivity contribution in [2.24, 2.45) is 0 Å². The van der Waals surface area contributed by atoms with Crippen LogP contribution in [0.25, 0.3) is 43.5 Å². The molecule has 1 aromatic heterocycles. The lowest BCUT2D eigenvalue weighted by Crippen LogP contribution is -1.82. The summed E-state index contributed by atoms with van der Waals surface area (Å²) in [5.74, 6) is 0. The first-order chi connectivity index (χ1) is 11.6. The molecule has 0 atom stereocenters. The number of hydrogen-bond acceptors (Lipinski definition) is 1. The molecule has 0 saturated carbocycles. The predicted molar refractivity (Wildman–Crippen MR) is 103 cm³/mol. The van der Waals surface area contributed by atoms with E-state index in [2.05, 4.69) is 75.4 Å². The van der Waals surface area contributed by atoms with Crippen LogP contribution in [0.2, 0.25) is 0 Å². The third kappa shape index (κ3) is 1.70. The van der Waals surface area contributed by atoms with Crippen LogP contribution >= 0.6 is 0 Å². The summed E-state index contributed by atoms with van der Waals surface area (Å²) >= 11 is 0. The van der Waals surface area contributed by atoms with E-state index in [9.17, 15) is 0 Å². The fourth-order valence-corrected chi connectivity index (χ4v) is 4.02. The zero-order chi connectivity index (χ0) is 16.4. The van der Waals surface area contributed by atoms with Crippen LogP contribution in [0.1, 0.15) is 16.7 Å². The molecule has 0 aliphatic heterocycles. The van der Waals surface area contributed by atoms with Gasteiger partial charge in [-0.3, -0.25) is 0 Å². The van der Waals surface area contributed by atoms with Crippen LogP contribution in [-0.4, -0.2) is 0 Å². The third-order valence-corrected chi connectivity index (χ3v) is 5.03. The SMILES string of the molecule is Cc1cc(C)c2oc3c4ccccc4c4ccc(C)cc4c3c2c1. The van der Waals surface area contributed by atoms with E-state index in [1.54, 1.807) is 0 Å². The van der Waals surface area contributed by atoms with E-state index in [0.717, 1.165) is 11.2 Å². The fourth-order valence-electron chi connectivity index (χ4n) is 4.02. The molecule has 1 nitrogen and oxygen atoms in total. The van der Waals surface area contributed by atoms with Crippen molar-refractivity contribution < 1.29 is 4.42 Å². The Kier molecular flexibility index (Phi) is 2.62. The maximum atomic E-state index is 6.40. The monoisotopic (exact) mass is 310 g/mol. The second-order valence-corrected chi connectivity index (χ2v) is 6.86. The van der Waals surface area contributed by atoms with Gasteiger partial charge < -0.3 is 4.42 Å². The van der Waals surface area contributed by atoms with Crippen molar-refractivity contribution in [2.75, 3.05) is 0 Å². The van der Waals surface area contributed by atoms with E-state index in [0.29, 0.717) is 0 Å².